The largest absolute Gasteiger partial charge is 0.483 e. The van der Waals surface area contributed by atoms with Gasteiger partial charge in [-0.25, -0.2) is 5.43 Å². The lowest BCUT2D eigenvalue weighted by Crippen LogP contribution is -2.25. The highest BCUT2D eigenvalue weighted by Gasteiger charge is 2.11. The van der Waals surface area contributed by atoms with Gasteiger partial charge in [0.2, 0.25) is 0 Å². The fraction of sp³-hybridized carbons (Fsp3) is 0.143. The molecule has 1 amide bonds. The number of halogens is 2. The summed E-state index contributed by atoms with van der Waals surface area (Å²) in [6.45, 7) is 1.41. The van der Waals surface area contributed by atoms with Gasteiger partial charge in [-0.15, -0.1) is 11.3 Å². The second-order valence-corrected chi connectivity index (χ2v) is 6.72. The van der Waals surface area contributed by atoms with Crippen LogP contribution in [0.25, 0.3) is 0 Å². The van der Waals surface area contributed by atoms with Crippen LogP contribution >= 0.6 is 38.9 Å². The van der Waals surface area contributed by atoms with E-state index in [0.717, 1.165) is 0 Å². The normalized spacial score (nSPS) is 11.2. The van der Waals surface area contributed by atoms with Gasteiger partial charge in [0.1, 0.15) is 5.75 Å². The molecule has 0 spiro atoms. The first-order chi connectivity index (χ1) is 11.4. The smallest absolute Gasteiger partial charge is 0.280 e. The Bertz CT molecular complexity index is 809. The Morgan fingerprint density at radius 1 is 1.50 bits per heavy atom. The minimum atomic E-state index is -0.482. The number of ether oxygens (including phenoxy) is 1. The van der Waals surface area contributed by atoms with E-state index in [2.05, 4.69) is 26.5 Å². The van der Waals surface area contributed by atoms with Gasteiger partial charge in [0.15, 0.2) is 6.61 Å². The van der Waals surface area contributed by atoms with Crippen LogP contribution in [0.15, 0.2) is 39.2 Å². The van der Waals surface area contributed by atoms with Gasteiger partial charge in [-0.3, -0.25) is 14.9 Å². The fourth-order valence-corrected chi connectivity index (χ4v) is 3.18. The minimum absolute atomic E-state index is 0.00759. The third-order valence-electron chi connectivity index (χ3n) is 2.75. The lowest BCUT2D eigenvalue weighted by Gasteiger charge is -2.07. The van der Waals surface area contributed by atoms with Crippen molar-refractivity contribution in [2.45, 2.75) is 6.92 Å². The summed E-state index contributed by atoms with van der Waals surface area (Å²) in [5.74, 6) is 0.0198. The van der Waals surface area contributed by atoms with Crippen LogP contribution in [0.2, 0.25) is 5.02 Å². The Morgan fingerprint density at radius 2 is 2.25 bits per heavy atom. The molecule has 0 aliphatic heterocycles. The van der Waals surface area contributed by atoms with Gasteiger partial charge < -0.3 is 4.74 Å². The molecule has 0 aliphatic carbocycles. The standard InChI is InChI=1S/C14H11BrClN3O4S/c1-8(13-5-10(7-24-13)19(21)22)17-18-14(20)6-23-12-3-2-9(16)4-11(12)15/h2-5,7H,6H2,1H3,(H,18,20)/b17-8-. The molecule has 0 unspecified atom stereocenters. The number of nitro groups is 1. The van der Waals surface area contributed by atoms with Crippen molar-refractivity contribution in [3.63, 3.8) is 0 Å². The number of rotatable bonds is 6. The summed E-state index contributed by atoms with van der Waals surface area (Å²) in [6, 6.07) is 6.34. The van der Waals surface area contributed by atoms with Crippen LogP contribution in [-0.4, -0.2) is 23.1 Å². The Hall–Kier alpha value is -1.97. The molecule has 0 aliphatic rings. The molecule has 0 saturated heterocycles. The molecule has 2 aromatic rings. The molecule has 1 aromatic heterocycles. The summed E-state index contributed by atoms with van der Waals surface area (Å²) in [5.41, 5.74) is 2.80. The molecule has 1 aromatic carbocycles. The summed E-state index contributed by atoms with van der Waals surface area (Å²) < 4.78 is 5.99. The fourth-order valence-electron chi connectivity index (χ4n) is 1.58. The Labute approximate surface area is 154 Å². The number of nitrogens with one attached hydrogen (secondary N) is 1. The molecule has 2 rings (SSSR count). The summed E-state index contributed by atoms with van der Waals surface area (Å²) in [4.78, 5) is 22.5. The number of benzene rings is 1. The zero-order chi connectivity index (χ0) is 17.7. The molecule has 126 valence electrons. The lowest BCUT2D eigenvalue weighted by molar-refractivity contribution is -0.384. The molecule has 0 radical (unpaired) electrons. The minimum Gasteiger partial charge on any atom is -0.483 e. The van der Waals surface area contributed by atoms with Gasteiger partial charge in [0, 0.05) is 11.1 Å². The van der Waals surface area contributed by atoms with Crippen LogP contribution in [0, 0.1) is 10.1 Å². The quantitative estimate of drug-likeness (QED) is 0.424. The first-order valence-corrected chi connectivity index (χ1v) is 8.56. The van der Waals surface area contributed by atoms with Crippen molar-refractivity contribution in [1.29, 1.82) is 0 Å². The molecule has 1 heterocycles. The van der Waals surface area contributed by atoms with E-state index in [1.54, 1.807) is 25.1 Å². The van der Waals surface area contributed by atoms with Crippen molar-refractivity contribution in [3.05, 3.63) is 54.1 Å². The predicted octanol–water partition coefficient (Wildman–Crippen LogP) is 3.99. The number of thiophene rings is 1. The van der Waals surface area contributed by atoms with Crippen molar-refractivity contribution < 1.29 is 14.5 Å². The molecule has 24 heavy (non-hydrogen) atoms. The van der Waals surface area contributed by atoms with Crippen LogP contribution in [0.5, 0.6) is 5.75 Å². The van der Waals surface area contributed by atoms with Gasteiger partial charge >= 0.3 is 0 Å². The monoisotopic (exact) mass is 431 g/mol. The molecule has 0 bridgehead atoms. The Kier molecular flexibility index (Phi) is 6.29. The second kappa shape index (κ2) is 8.22. The van der Waals surface area contributed by atoms with Crippen LogP contribution in [0.4, 0.5) is 5.69 Å². The average molecular weight is 433 g/mol. The maximum atomic E-state index is 11.8. The van der Waals surface area contributed by atoms with Crippen LogP contribution in [0.3, 0.4) is 0 Å². The van der Waals surface area contributed by atoms with Crippen LogP contribution in [0.1, 0.15) is 11.8 Å². The molecule has 7 nitrogen and oxygen atoms in total. The number of hydrogen-bond donors (Lipinski definition) is 1. The lowest BCUT2D eigenvalue weighted by atomic mass is 10.3. The van der Waals surface area contributed by atoms with Gasteiger partial charge in [-0.2, -0.15) is 5.10 Å². The SMILES string of the molecule is C/C(=N/NC(=O)COc1ccc(Cl)cc1Br)c1cc([N+](=O)[O-])cs1. The number of amides is 1. The number of carbonyl (C=O) groups excluding carboxylic acids is 1. The van der Waals surface area contributed by atoms with Crippen molar-refractivity contribution in [3.8, 4) is 5.75 Å². The van der Waals surface area contributed by atoms with Crippen molar-refractivity contribution in [2.24, 2.45) is 5.10 Å². The zero-order valence-electron chi connectivity index (χ0n) is 12.3. The van der Waals surface area contributed by atoms with E-state index in [0.29, 0.717) is 25.8 Å². The maximum Gasteiger partial charge on any atom is 0.280 e. The average Bonchev–Trinajstić information content (AvgIpc) is 3.02. The first-order valence-electron chi connectivity index (χ1n) is 6.51. The summed E-state index contributed by atoms with van der Waals surface area (Å²) >= 11 is 10.3. The van der Waals surface area contributed by atoms with Gasteiger partial charge in [0.25, 0.3) is 11.6 Å². The Balaban J connectivity index is 1.90. The molecule has 0 fully saturated rings. The van der Waals surface area contributed by atoms with Gasteiger partial charge in [-0.05, 0) is 41.1 Å². The van der Waals surface area contributed by atoms with Crippen molar-refractivity contribution >= 4 is 56.2 Å². The van der Waals surface area contributed by atoms with Crippen molar-refractivity contribution in [1.82, 2.24) is 5.43 Å². The van der Waals surface area contributed by atoms with E-state index in [-0.39, 0.29) is 12.3 Å². The number of carbonyl (C=O) groups is 1. The zero-order valence-corrected chi connectivity index (χ0v) is 15.4. The molecular weight excluding hydrogens is 422 g/mol. The highest BCUT2D eigenvalue weighted by atomic mass is 79.9. The number of hydrazone groups is 1. The predicted molar refractivity (Wildman–Crippen MR) is 96.0 cm³/mol. The van der Waals surface area contributed by atoms with E-state index in [9.17, 15) is 14.9 Å². The molecule has 0 saturated carbocycles. The van der Waals surface area contributed by atoms with E-state index >= 15 is 0 Å². The maximum absolute atomic E-state index is 11.8. The number of hydrogen-bond acceptors (Lipinski definition) is 6. The molecular formula is C14H11BrClN3O4S. The third kappa shape index (κ3) is 5.02. The summed E-state index contributed by atoms with van der Waals surface area (Å²) in [5, 5.41) is 16.5. The van der Waals surface area contributed by atoms with Crippen molar-refractivity contribution in [2.75, 3.05) is 6.61 Å². The highest BCUT2D eigenvalue weighted by molar-refractivity contribution is 9.10. The second-order valence-electron chi connectivity index (χ2n) is 4.52. The number of nitrogens with zero attached hydrogens (tertiary/aromatic N) is 2. The first kappa shape index (κ1) is 18.4. The van der Waals surface area contributed by atoms with Gasteiger partial charge in [0.05, 0.1) is 25.4 Å². The third-order valence-corrected chi connectivity index (χ3v) is 4.64. The van der Waals surface area contributed by atoms with Crippen LogP contribution < -0.4 is 10.2 Å². The highest BCUT2D eigenvalue weighted by Crippen LogP contribution is 2.27. The molecule has 1 N–H and O–H groups in total. The van der Waals surface area contributed by atoms with E-state index in [4.69, 9.17) is 16.3 Å². The molecule has 10 heteroatoms. The van der Waals surface area contributed by atoms with Gasteiger partial charge in [-0.1, -0.05) is 11.6 Å². The topological polar surface area (TPSA) is 93.8 Å². The Morgan fingerprint density at radius 3 is 2.88 bits per heavy atom. The van der Waals surface area contributed by atoms with E-state index in [1.165, 1.54) is 22.8 Å². The summed E-state index contributed by atoms with van der Waals surface area (Å²) in [7, 11) is 0. The molecule has 0 atom stereocenters. The van der Waals surface area contributed by atoms with E-state index in [1.807, 2.05) is 0 Å². The summed E-state index contributed by atoms with van der Waals surface area (Å²) in [6.07, 6.45) is 0. The van der Waals surface area contributed by atoms with Crippen LogP contribution in [-0.2, 0) is 4.79 Å². The van der Waals surface area contributed by atoms with E-state index < -0.39 is 10.8 Å².